The number of amides is 2. The molecule has 0 spiro atoms. The summed E-state index contributed by atoms with van der Waals surface area (Å²) in [4.78, 5) is 38.0. The van der Waals surface area contributed by atoms with Crippen LogP contribution < -0.4 is 15.0 Å². The highest BCUT2D eigenvalue weighted by molar-refractivity contribution is 6.31. The Morgan fingerprint density at radius 1 is 1.21 bits per heavy atom. The molecule has 1 atom stereocenters. The number of anilines is 2. The van der Waals surface area contributed by atoms with E-state index in [-0.39, 0.29) is 18.9 Å². The Labute approximate surface area is 167 Å². The first kappa shape index (κ1) is 19.7. The van der Waals surface area contributed by atoms with Gasteiger partial charge in [0.25, 0.3) is 5.91 Å². The Hall–Kier alpha value is -3.06. The summed E-state index contributed by atoms with van der Waals surface area (Å²) >= 11 is 5.96. The standard InChI is InChI=1S/C20H19ClN2O5/c1-27-17-7-3-5-15(10-17)22-18(24)12-28-20(26)13-8-19(25)23(11-13)16-6-2-4-14(21)9-16/h2-7,9-10,13H,8,11-12H2,1H3,(H,22,24)/t13-/m1/s1. The van der Waals surface area contributed by atoms with Crippen molar-refractivity contribution in [3.8, 4) is 5.75 Å². The van der Waals surface area contributed by atoms with Crippen molar-refractivity contribution in [3.05, 3.63) is 53.6 Å². The van der Waals surface area contributed by atoms with Crippen molar-refractivity contribution >= 4 is 40.8 Å². The average Bonchev–Trinajstić information content (AvgIpc) is 3.08. The minimum absolute atomic E-state index is 0.0306. The minimum Gasteiger partial charge on any atom is -0.497 e. The van der Waals surface area contributed by atoms with Crippen LogP contribution >= 0.6 is 11.6 Å². The van der Waals surface area contributed by atoms with Crippen LogP contribution in [0.4, 0.5) is 11.4 Å². The molecule has 1 aliphatic heterocycles. The number of carbonyl (C=O) groups excluding carboxylic acids is 3. The van der Waals surface area contributed by atoms with E-state index in [0.717, 1.165) is 0 Å². The Bertz CT molecular complexity index is 902. The third-order valence-corrected chi connectivity index (χ3v) is 4.51. The zero-order valence-electron chi connectivity index (χ0n) is 15.2. The van der Waals surface area contributed by atoms with Gasteiger partial charge in [-0.15, -0.1) is 0 Å². The molecule has 8 heteroatoms. The maximum absolute atomic E-state index is 12.3. The lowest BCUT2D eigenvalue weighted by molar-refractivity contribution is -0.151. The van der Waals surface area contributed by atoms with Gasteiger partial charge in [0.05, 0.1) is 13.0 Å². The van der Waals surface area contributed by atoms with Gasteiger partial charge in [0.15, 0.2) is 6.61 Å². The molecule has 0 saturated carbocycles. The van der Waals surface area contributed by atoms with Crippen molar-refractivity contribution in [2.45, 2.75) is 6.42 Å². The largest absolute Gasteiger partial charge is 0.497 e. The predicted molar refractivity (Wildman–Crippen MR) is 104 cm³/mol. The van der Waals surface area contributed by atoms with Gasteiger partial charge >= 0.3 is 5.97 Å². The van der Waals surface area contributed by atoms with Crippen molar-refractivity contribution in [3.63, 3.8) is 0 Å². The lowest BCUT2D eigenvalue weighted by Gasteiger charge is -2.16. The van der Waals surface area contributed by atoms with E-state index in [1.165, 1.54) is 12.0 Å². The minimum atomic E-state index is -0.629. The molecule has 3 rings (SSSR count). The second-order valence-corrected chi connectivity index (χ2v) is 6.71. The van der Waals surface area contributed by atoms with Gasteiger partial charge in [0.2, 0.25) is 5.91 Å². The highest BCUT2D eigenvalue weighted by Crippen LogP contribution is 2.27. The third kappa shape index (κ3) is 4.80. The highest BCUT2D eigenvalue weighted by Gasteiger charge is 2.36. The van der Waals surface area contributed by atoms with Crippen LogP contribution in [0.1, 0.15) is 6.42 Å². The van der Waals surface area contributed by atoms with Gasteiger partial charge in [-0.1, -0.05) is 23.7 Å². The number of methoxy groups -OCH3 is 1. The lowest BCUT2D eigenvalue weighted by atomic mass is 10.1. The normalized spacial score (nSPS) is 16.0. The molecule has 0 aromatic heterocycles. The Kier molecular flexibility index (Phi) is 6.16. The van der Waals surface area contributed by atoms with E-state index in [9.17, 15) is 14.4 Å². The number of benzene rings is 2. The predicted octanol–water partition coefficient (Wildman–Crippen LogP) is 2.88. The first-order valence-electron chi connectivity index (χ1n) is 8.62. The summed E-state index contributed by atoms with van der Waals surface area (Å²) < 4.78 is 10.2. The molecule has 1 aliphatic rings. The lowest BCUT2D eigenvalue weighted by Crippen LogP contribution is -2.28. The smallest absolute Gasteiger partial charge is 0.311 e. The van der Waals surface area contributed by atoms with E-state index < -0.39 is 24.4 Å². The summed E-state index contributed by atoms with van der Waals surface area (Å²) in [5, 5.41) is 3.13. The van der Waals surface area contributed by atoms with Crippen molar-refractivity contribution in [2.75, 3.05) is 30.5 Å². The zero-order valence-corrected chi connectivity index (χ0v) is 15.9. The van der Waals surface area contributed by atoms with E-state index in [2.05, 4.69) is 5.32 Å². The van der Waals surface area contributed by atoms with Gasteiger partial charge in [-0.2, -0.15) is 0 Å². The van der Waals surface area contributed by atoms with Gasteiger partial charge < -0.3 is 19.7 Å². The van der Waals surface area contributed by atoms with Crippen molar-refractivity contribution < 1.29 is 23.9 Å². The molecule has 1 N–H and O–H groups in total. The number of nitrogens with one attached hydrogen (secondary N) is 1. The van der Waals surface area contributed by atoms with Gasteiger partial charge in [-0.3, -0.25) is 14.4 Å². The number of hydrogen-bond donors (Lipinski definition) is 1. The fourth-order valence-corrected chi connectivity index (χ4v) is 3.10. The number of hydrogen-bond acceptors (Lipinski definition) is 5. The molecule has 2 aromatic carbocycles. The van der Waals surface area contributed by atoms with Crippen LogP contribution in [0.5, 0.6) is 5.75 Å². The van der Waals surface area contributed by atoms with Crippen LogP contribution in [0, 0.1) is 5.92 Å². The Morgan fingerprint density at radius 3 is 2.75 bits per heavy atom. The van der Waals surface area contributed by atoms with Crippen LogP contribution in [0.15, 0.2) is 48.5 Å². The third-order valence-electron chi connectivity index (χ3n) is 4.28. The van der Waals surface area contributed by atoms with E-state index in [0.29, 0.717) is 22.1 Å². The molecule has 28 heavy (non-hydrogen) atoms. The van der Waals surface area contributed by atoms with Crippen molar-refractivity contribution in [1.82, 2.24) is 0 Å². The van der Waals surface area contributed by atoms with Crippen molar-refractivity contribution in [2.24, 2.45) is 5.92 Å². The van der Waals surface area contributed by atoms with Gasteiger partial charge in [-0.25, -0.2) is 0 Å². The number of carbonyl (C=O) groups is 3. The fraction of sp³-hybridized carbons (Fsp3) is 0.250. The Balaban J connectivity index is 1.52. The van der Waals surface area contributed by atoms with Crippen molar-refractivity contribution in [1.29, 1.82) is 0 Å². The van der Waals surface area contributed by atoms with E-state index >= 15 is 0 Å². The molecule has 0 bridgehead atoms. The summed E-state index contributed by atoms with van der Waals surface area (Å²) in [5.41, 5.74) is 1.16. The molecule has 1 fully saturated rings. The van der Waals surface area contributed by atoms with Crippen LogP contribution in [-0.2, 0) is 19.1 Å². The van der Waals surface area contributed by atoms with Crippen LogP contribution in [0.2, 0.25) is 5.02 Å². The summed E-state index contributed by atoms with van der Waals surface area (Å²) in [5.74, 6) is -1.28. The van der Waals surface area contributed by atoms with Crippen LogP contribution in [-0.4, -0.2) is 38.0 Å². The van der Waals surface area contributed by atoms with Gasteiger partial charge in [-0.05, 0) is 30.3 Å². The molecular weight excluding hydrogens is 384 g/mol. The summed E-state index contributed by atoms with van der Waals surface area (Å²) in [6, 6.07) is 13.7. The Morgan fingerprint density at radius 2 is 2.00 bits per heavy atom. The van der Waals surface area contributed by atoms with Gasteiger partial charge in [0, 0.05) is 35.4 Å². The molecule has 1 heterocycles. The molecule has 0 aliphatic carbocycles. The first-order valence-corrected chi connectivity index (χ1v) is 9.00. The topological polar surface area (TPSA) is 84.9 Å². The molecule has 7 nitrogen and oxygen atoms in total. The van der Waals surface area contributed by atoms with Gasteiger partial charge in [0.1, 0.15) is 5.75 Å². The number of halogens is 1. The molecular formula is C20H19ClN2O5. The van der Waals surface area contributed by atoms with E-state index in [4.69, 9.17) is 21.1 Å². The number of nitrogens with zero attached hydrogens (tertiary/aromatic N) is 1. The molecule has 2 aromatic rings. The summed E-state index contributed by atoms with van der Waals surface area (Å²) in [6.07, 6.45) is 0.0306. The molecule has 2 amide bonds. The maximum Gasteiger partial charge on any atom is 0.311 e. The fourth-order valence-electron chi connectivity index (χ4n) is 2.91. The first-order chi connectivity index (χ1) is 13.5. The maximum atomic E-state index is 12.3. The summed E-state index contributed by atoms with van der Waals surface area (Å²) in [6.45, 7) is -0.243. The second-order valence-electron chi connectivity index (χ2n) is 6.27. The van der Waals surface area contributed by atoms with E-state index in [1.54, 1.807) is 48.5 Å². The monoisotopic (exact) mass is 402 g/mol. The number of ether oxygens (including phenoxy) is 2. The van der Waals surface area contributed by atoms with Crippen LogP contribution in [0.25, 0.3) is 0 Å². The molecule has 0 radical (unpaired) electrons. The SMILES string of the molecule is COc1cccc(NC(=O)COC(=O)[C@@H]2CC(=O)N(c3cccc(Cl)c3)C2)c1. The molecule has 146 valence electrons. The highest BCUT2D eigenvalue weighted by atomic mass is 35.5. The number of rotatable bonds is 6. The zero-order chi connectivity index (χ0) is 20.1. The molecule has 0 unspecified atom stereocenters. The second kappa shape index (κ2) is 8.75. The quantitative estimate of drug-likeness (QED) is 0.751. The van der Waals surface area contributed by atoms with Crippen LogP contribution in [0.3, 0.4) is 0 Å². The molecule has 1 saturated heterocycles. The average molecular weight is 403 g/mol. The van der Waals surface area contributed by atoms with E-state index in [1.807, 2.05) is 0 Å². The summed E-state index contributed by atoms with van der Waals surface area (Å²) in [7, 11) is 1.53. The number of esters is 1.